The fraction of sp³-hybridized carbons (Fsp3) is 0.429. The number of hydrogen-bond acceptors (Lipinski definition) is 3. The number of anilines is 1. The highest BCUT2D eigenvalue weighted by Gasteiger charge is 2.17. The van der Waals surface area contributed by atoms with Crippen LogP contribution in [0.15, 0.2) is 18.2 Å². The van der Waals surface area contributed by atoms with Gasteiger partial charge in [-0.05, 0) is 31.0 Å². The zero-order valence-corrected chi connectivity index (χ0v) is 10.6. The van der Waals surface area contributed by atoms with Gasteiger partial charge in [-0.25, -0.2) is 0 Å². The molecule has 1 aromatic carbocycles. The minimum Gasteiger partial charge on any atom is -0.384 e. The molecule has 18 heavy (non-hydrogen) atoms. The van der Waals surface area contributed by atoms with Crippen molar-refractivity contribution in [1.29, 1.82) is 5.26 Å². The van der Waals surface area contributed by atoms with Gasteiger partial charge in [0.05, 0.1) is 12.5 Å². The van der Waals surface area contributed by atoms with Gasteiger partial charge >= 0.3 is 0 Å². The summed E-state index contributed by atoms with van der Waals surface area (Å²) >= 11 is 0. The predicted octanol–water partition coefficient (Wildman–Crippen LogP) is 2.03. The van der Waals surface area contributed by atoms with Crippen LogP contribution in [-0.4, -0.2) is 30.4 Å². The fourth-order valence-electron chi connectivity index (χ4n) is 2.19. The van der Waals surface area contributed by atoms with E-state index in [1.54, 1.807) is 4.90 Å². The van der Waals surface area contributed by atoms with E-state index in [-0.39, 0.29) is 5.91 Å². The molecular weight excluding hydrogens is 226 g/mol. The quantitative estimate of drug-likeness (QED) is 0.880. The number of fused-ring (bicyclic) bond motifs is 1. The third-order valence-electron chi connectivity index (χ3n) is 3.23. The maximum Gasteiger partial charge on any atom is 0.253 e. The summed E-state index contributed by atoms with van der Waals surface area (Å²) in [5.41, 5.74) is 3.03. The predicted molar refractivity (Wildman–Crippen MR) is 70.4 cm³/mol. The Morgan fingerprint density at radius 1 is 1.56 bits per heavy atom. The van der Waals surface area contributed by atoms with E-state index in [2.05, 4.69) is 11.4 Å². The van der Waals surface area contributed by atoms with Gasteiger partial charge in [-0.1, -0.05) is 6.07 Å². The number of nitriles is 1. The summed E-state index contributed by atoms with van der Waals surface area (Å²) < 4.78 is 0. The molecule has 0 unspecified atom stereocenters. The number of rotatable bonds is 4. The highest BCUT2D eigenvalue weighted by Crippen LogP contribution is 2.23. The van der Waals surface area contributed by atoms with E-state index in [0.717, 1.165) is 18.7 Å². The smallest absolute Gasteiger partial charge is 0.253 e. The van der Waals surface area contributed by atoms with E-state index in [0.29, 0.717) is 25.1 Å². The molecule has 1 N–H and O–H groups in total. The average Bonchev–Trinajstić information content (AvgIpc) is 2.86. The number of benzene rings is 1. The normalized spacial score (nSPS) is 12.4. The second-order valence-electron chi connectivity index (χ2n) is 4.34. The Kier molecular flexibility index (Phi) is 3.83. The largest absolute Gasteiger partial charge is 0.384 e. The van der Waals surface area contributed by atoms with Crippen LogP contribution in [0.2, 0.25) is 0 Å². The molecule has 0 spiro atoms. The molecule has 1 aliphatic rings. The molecule has 0 radical (unpaired) electrons. The van der Waals surface area contributed by atoms with Gasteiger partial charge in [0.1, 0.15) is 0 Å². The van der Waals surface area contributed by atoms with E-state index < -0.39 is 0 Å². The van der Waals surface area contributed by atoms with E-state index in [1.807, 2.05) is 25.1 Å². The Bertz CT molecular complexity index is 490. The molecule has 94 valence electrons. The molecule has 1 aromatic rings. The van der Waals surface area contributed by atoms with Crippen molar-refractivity contribution in [1.82, 2.24) is 4.90 Å². The first kappa shape index (κ1) is 12.4. The van der Waals surface area contributed by atoms with Gasteiger partial charge in [0.25, 0.3) is 5.91 Å². The number of amides is 1. The lowest BCUT2D eigenvalue weighted by Gasteiger charge is -2.19. The van der Waals surface area contributed by atoms with Crippen LogP contribution in [0.25, 0.3) is 0 Å². The monoisotopic (exact) mass is 243 g/mol. The van der Waals surface area contributed by atoms with Crippen molar-refractivity contribution in [2.45, 2.75) is 19.8 Å². The molecule has 2 rings (SSSR count). The minimum absolute atomic E-state index is 0.00394. The topological polar surface area (TPSA) is 56.1 Å². The van der Waals surface area contributed by atoms with Crippen molar-refractivity contribution >= 4 is 11.6 Å². The molecule has 0 saturated heterocycles. The summed E-state index contributed by atoms with van der Waals surface area (Å²) in [5, 5.41) is 11.9. The molecule has 0 atom stereocenters. The Morgan fingerprint density at radius 3 is 3.11 bits per heavy atom. The van der Waals surface area contributed by atoms with Gasteiger partial charge < -0.3 is 10.2 Å². The molecule has 1 aliphatic heterocycles. The summed E-state index contributed by atoms with van der Waals surface area (Å²) in [6.07, 6.45) is 1.40. The molecule has 1 amide bonds. The van der Waals surface area contributed by atoms with Crippen molar-refractivity contribution in [3.8, 4) is 6.07 Å². The standard InChI is InChI=1S/C14H17N3O/c1-2-17(9-3-7-15)14(18)12-5-4-11-6-8-16-13(11)10-12/h4-5,10,16H,2-3,6,8-9H2,1H3. The van der Waals surface area contributed by atoms with Gasteiger partial charge in [0.15, 0.2) is 0 Å². The van der Waals surface area contributed by atoms with Gasteiger partial charge in [-0.15, -0.1) is 0 Å². The molecule has 0 aliphatic carbocycles. The van der Waals surface area contributed by atoms with Crippen LogP contribution in [0.1, 0.15) is 29.3 Å². The lowest BCUT2D eigenvalue weighted by atomic mass is 10.1. The summed E-state index contributed by atoms with van der Waals surface area (Å²) in [6.45, 7) is 4.00. The Hall–Kier alpha value is -2.02. The average molecular weight is 243 g/mol. The SMILES string of the molecule is CCN(CCC#N)C(=O)c1ccc2c(c1)NCC2. The van der Waals surface area contributed by atoms with Crippen molar-refractivity contribution in [3.05, 3.63) is 29.3 Å². The number of hydrogen-bond donors (Lipinski definition) is 1. The van der Waals surface area contributed by atoms with E-state index in [1.165, 1.54) is 5.56 Å². The van der Waals surface area contributed by atoms with Crippen molar-refractivity contribution in [2.75, 3.05) is 25.0 Å². The summed E-state index contributed by atoms with van der Waals surface area (Å²) in [5.74, 6) is 0.00394. The summed E-state index contributed by atoms with van der Waals surface area (Å²) in [4.78, 5) is 14.0. The first-order chi connectivity index (χ1) is 8.76. The van der Waals surface area contributed by atoms with E-state index in [9.17, 15) is 4.79 Å². The van der Waals surface area contributed by atoms with Crippen LogP contribution in [0, 0.1) is 11.3 Å². The highest BCUT2D eigenvalue weighted by molar-refractivity contribution is 5.95. The highest BCUT2D eigenvalue weighted by atomic mass is 16.2. The minimum atomic E-state index is 0.00394. The summed E-state index contributed by atoms with van der Waals surface area (Å²) in [7, 11) is 0. The molecule has 0 fully saturated rings. The van der Waals surface area contributed by atoms with Crippen LogP contribution < -0.4 is 5.32 Å². The maximum atomic E-state index is 12.3. The number of carbonyl (C=O) groups excluding carboxylic acids is 1. The summed E-state index contributed by atoms with van der Waals surface area (Å²) in [6, 6.07) is 7.88. The molecule has 0 bridgehead atoms. The van der Waals surface area contributed by atoms with Crippen molar-refractivity contribution < 1.29 is 4.79 Å². The van der Waals surface area contributed by atoms with Gasteiger partial charge in [-0.2, -0.15) is 5.26 Å². The van der Waals surface area contributed by atoms with Crippen LogP contribution in [-0.2, 0) is 6.42 Å². The van der Waals surface area contributed by atoms with Crippen LogP contribution in [0.5, 0.6) is 0 Å². The zero-order chi connectivity index (χ0) is 13.0. The Morgan fingerprint density at radius 2 is 2.39 bits per heavy atom. The van der Waals surface area contributed by atoms with E-state index in [4.69, 9.17) is 5.26 Å². The first-order valence-corrected chi connectivity index (χ1v) is 6.29. The van der Waals surface area contributed by atoms with Gasteiger partial charge in [-0.3, -0.25) is 4.79 Å². The number of carbonyl (C=O) groups is 1. The molecule has 0 saturated carbocycles. The fourth-order valence-corrected chi connectivity index (χ4v) is 2.19. The molecular formula is C14H17N3O. The molecule has 4 nitrogen and oxygen atoms in total. The van der Waals surface area contributed by atoms with Gasteiger partial charge in [0.2, 0.25) is 0 Å². The third-order valence-corrected chi connectivity index (χ3v) is 3.23. The third kappa shape index (κ3) is 2.45. The maximum absolute atomic E-state index is 12.3. The van der Waals surface area contributed by atoms with E-state index >= 15 is 0 Å². The second kappa shape index (κ2) is 5.54. The first-order valence-electron chi connectivity index (χ1n) is 6.29. The number of nitrogens with one attached hydrogen (secondary N) is 1. The molecule has 4 heteroatoms. The lowest BCUT2D eigenvalue weighted by Crippen LogP contribution is -2.31. The van der Waals surface area contributed by atoms with Crippen molar-refractivity contribution in [3.63, 3.8) is 0 Å². The Balaban J connectivity index is 2.15. The van der Waals surface area contributed by atoms with Crippen molar-refractivity contribution in [2.24, 2.45) is 0 Å². The van der Waals surface area contributed by atoms with Gasteiger partial charge in [0, 0.05) is 30.9 Å². The van der Waals surface area contributed by atoms with Crippen LogP contribution >= 0.6 is 0 Å². The van der Waals surface area contributed by atoms with Crippen LogP contribution in [0.4, 0.5) is 5.69 Å². The Labute approximate surface area is 107 Å². The molecule has 0 aromatic heterocycles. The number of nitrogens with zero attached hydrogens (tertiary/aromatic N) is 2. The van der Waals surface area contributed by atoms with Crippen LogP contribution in [0.3, 0.4) is 0 Å². The molecule has 1 heterocycles. The zero-order valence-electron chi connectivity index (χ0n) is 10.6. The second-order valence-corrected chi connectivity index (χ2v) is 4.34. The lowest BCUT2D eigenvalue weighted by molar-refractivity contribution is 0.0768.